The number of nitrogens with zero attached hydrogens (tertiary/aromatic N) is 4. The maximum absolute atomic E-state index is 12.6. The van der Waals surface area contributed by atoms with Crippen LogP contribution in [0.1, 0.15) is 37.8 Å². The van der Waals surface area contributed by atoms with E-state index in [4.69, 9.17) is 4.74 Å². The predicted molar refractivity (Wildman–Crippen MR) is 114 cm³/mol. The Morgan fingerprint density at radius 2 is 2.00 bits per heavy atom. The van der Waals surface area contributed by atoms with Gasteiger partial charge in [-0.15, -0.1) is 0 Å². The fraction of sp³-hybridized carbons (Fsp3) is 0.600. The van der Waals surface area contributed by atoms with E-state index in [1.807, 2.05) is 20.0 Å². The minimum absolute atomic E-state index is 0.198. The number of H-pyrrole nitrogens is 1. The number of hydrogen-bond acceptors (Lipinski definition) is 8. The fourth-order valence-corrected chi connectivity index (χ4v) is 4.60. The number of ether oxygens (including phenoxy) is 1. The van der Waals surface area contributed by atoms with Crippen LogP contribution in [0.5, 0.6) is 5.88 Å². The quantitative estimate of drug-likeness (QED) is 0.541. The van der Waals surface area contributed by atoms with E-state index < -0.39 is 0 Å². The summed E-state index contributed by atoms with van der Waals surface area (Å²) in [7, 11) is 3.41. The molecule has 10 nitrogen and oxygen atoms in total. The van der Waals surface area contributed by atoms with Crippen LogP contribution in [0.2, 0.25) is 0 Å². The number of carbonyl (C=O) groups excluding carboxylic acids is 1. The normalized spacial score (nSPS) is 23.2. The highest BCUT2D eigenvalue weighted by molar-refractivity contribution is 5.79. The van der Waals surface area contributed by atoms with Gasteiger partial charge in [0.15, 0.2) is 5.82 Å². The van der Waals surface area contributed by atoms with Crippen LogP contribution in [0.15, 0.2) is 12.1 Å². The average molecular weight is 415 g/mol. The van der Waals surface area contributed by atoms with Crippen molar-refractivity contribution in [3.05, 3.63) is 17.8 Å². The maximum atomic E-state index is 12.6. The zero-order valence-electron chi connectivity index (χ0n) is 17.7. The molecule has 3 atom stereocenters. The zero-order chi connectivity index (χ0) is 21.1. The van der Waals surface area contributed by atoms with Crippen molar-refractivity contribution < 1.29 is 9.53 Å². The summed E-state index contributed by atoms with van der Waals surface area (Å²) >= 11 is 0. The third-order valence-corrected chi connectivity index (χ3v) is 5.80. The van der Waals surface area contributed by atoms with Gasteiger partial charge in [-0.05, 0) is 46.1 Å². The van der Waals surface area contributed by atoms with Crippen LogP contribution >= 0.6 is 0 Å². The van der Waals surface area contributed by atoms with Crippen molar-refractivity contribution >= 4 is 23.5 Å². The van der Waals surface area contributed by atoms with Gasteiger partial charge in [-0.2, -0.15) is 15.1 Å². The molecule has 0 aliphatic carbocycles. The van der Waals surface area contributed by atoms with Gasteiger partial charge in [0, 0.05) is 36.0 Å². The first-order chi connectivity index (χ1) is 14.6. The summed E-state index contributed by atoms with van der Waals surface area (Å²) in [6, 6.07) is 4.40. The number of rotatable bonds is 7. The molecule has 4 heterocycles. The van der Waals surface area contributed by atoms with Gasteiger partial charge in [0.05, 0.1) is 13.7 Å². The number of amides is 1. The highest BCUT2D eigenvalue weighted by atomic mass is 16.5. The van der Waals surface area contributed by atoms with Gasteiger partial charge in [-0.3, -0.25) is 9.89 Å². The van der Waals surface area contributed by atoms with Crippen LogP contribution in [0.4, 0.5) is 17.6 Å². The van der Waals surface area contributed by atoms with Crippen molar-refractivity contribution in [2.24, 2.45) is 0 Å². The molecule has 0 spiro atoms. The molecule has 0 saturated carbocycles. The predicted octanol–water partition coefficient (Wildman–Crippen LogP) is 1.80. The number of anilines is 3. The molecule has 162 valence electrons. The Labute approximate surface area is 176 Å². The molecule has 10 heteroatoms. The van der Waals surface area contributed by atoms with E-state index in [0.717, 1.165) is 31.4 Å². The van der Waals surface area contributed by atoms with Crippen molar-refractivity contribution in [1.29, 1.82) is 0 Å². The summed E-state index contributed by atoms with van der Waals surface area (Å²) in [4.78, 5) is 23.7. The molecule has 2 bridgehead atoms. The Morgan fingerprint density at radius 1 is 1.23 bits per heavy atom. The van der Waals surface area contributed by atoms with E-state index in [9.17, 15) is 4.79 Å². The lowest BCUT2D eigenvalue weighted by Crippen LogP contribution is -2.58. The van der Waals surface area contributed by atoms with E-state index in [1.54, 1.807) is 13.2 Å². The maximum Gasteiger partial charge on any atom is 0.237 e. The topological polar surface area (TPSA) is 120 Å². The van der Waals surface area contributed by atoms with Crippen LogP contribution in [0.3, 0.4) is 0 Å². The second-order valence-electron chi connectivity index (χ2n) is 8.06. The summed E-state index contributed by atoms with van der Waals surface area (Å²) in [5.74, 6) is 2.48. The zero-order valence-corrected chi connectivity index (χ0v) is 17.7. The first kappa shape index (κ1) is 20.4. The number of carbonyl (C=O) groups is 1. The van der Waals surface area contributed by atoms with Crippen LogP contribution < -0.4 is 20.7 Å². The van der Waals surface area contributed by atoms with Crippen LogP contribution in [0, 0.1) is 6.92 Å². The number of aryl methyl sites for hydroxylation is 1. The van der Waals surface area contributed by atoms with E-state index in [2.05, 4.69) is 41.0 Å². The smallest absolute Gasteiger partial charge is 0.237 e. The van der Waals surface area contributed by atoms with E-state index in [1.165, 1.54) is 6.42 Å². The van der Waals surface area contributed by atoms with Gasteiger partial charge < -0.3 is 25.6 Å². The number of aromatic amines is 1. The molecule has 0 unspecified atom stereocenters. The second-order valence-corrected chi connectivity index (χ2v) is 8.06. The number of piperidine rings is 2. The molecule has 0 radical (unpaired) electrons. The molecule has 2 fully saturated rings. The van der Waals surface area contributed by atoms with Crippen LogP contribution in [-0.4, -0.2) is 69.8 Å². The molecule has 2 aliphatic rings. The SMILES string of the molecule is CNCC(=O)N1[C@@H]2CCC[C@H]1C[C@H](Nc1nc(Nc3cc(C)[nH]n3)cc(OC)n1)C2. The van der Waals surface area contributed by atoms with Crippen molar-refractivity contribution in [3.63, 3.8) is 0 Å². The third kappa shape index (κ3) is 4.48. The molecule has 4 N–H and O–H groups in total. The molecular weight excluding hydrogens is 384 g/mol. The highest BCUT2D eigenvalue weighted by Gasteiger charge is 2.40. The van der Waals surface area contributed by atoms with Gasteiger partial charge in [0.1, 0.15) is 5.82 Å². The summed E-state index contributed by atoms with van der Waals surface area (Å²) in [6.45, 7) is 2.34. The lowest BCUT2D eigenvalue weighted by molar-refractivity contribution is -0.139. The largest absolute Gasteiger partial charge is 0.481 e. The number of likely N-dealkylation sites (N-methyl/N-ethyl adjacent to an activating group) is 1. The van der Waals surface area contributed by atoms with Crippen molar-refractivity contribution in [1.82, 2.24) is 30.4 Å². The molecule has 2 aromatic rings. The molecule has 2 aliphatic heterocycles. The monoisotopic (exact) mass is 414 g/mol. The number of fused-ring (bicyclic) bond motifs is 2. The van der Waals surface area contributed by atoms with E-state index in [-0.39, 0.29) is 24.0 Å². The summed E-state index contributed by atoms with van der Waals surface area (Å²) in [5, 5.41) is 16.7. The first-order valence-electron chi connectivity index (χ1n) is 10.5. The molecule has 2 aromatic heterocycles. The first-order valence-corrected chi connectivity index (χ1v) is 10.5. The minimum Gasteiger partial charge on any atom is -0.481 e. The molecule has 0 aromatic carbocycles. The van der Waals surface area contributed by atoms with Gasteiger partial charge in [0.25, 0.3) is 0 Å². The lowest BCUT2D eigenvalue weighted by Gasteiger charge is -2.49. The van der Waals surface area contributed by atoms with Gasteiger partial charge in [-0.1, -0.05) is 0 Å². The number of methoxy groups -OCH3 is 1. The summed E-state index contributed by atoms with van der Waals surface area (Å²) in [6.07, 6.45) is 5.07. The number of aromatic nitrogens is 4. The average Bonchev–Trinajstić information content (AvgIpc) is 3.11. The minimum atomic E-state index is 0.198. The standard InChI is InChI=1S/C20H30N8O2/c1-12-7-17(27-26-12)23-16-10-18(30-3)25-20(24-16)22-13-8-14-5-4-6-15(9-13)28(14)19(29)11-21-2/h7,10,13-15,21H,4-6,8-9,11H2,1-3H3,(H3,22,23,24,25,26,27)/t13-,14-,15+. The Balaban J connectivity index is 1.47. The number of hydrogen-bond donors (Lipinski definition) is 4. The van der Waals surface area contributed by atoms with Crippen molar-refractivity contribution in [2.75, 3.05) is 31.3 Å². The number of nitrogens with one attached hydrogen (secondary N) is 4. The van der Waals surface area contributed by atoms with Crippen LogP contribution in [0.25, 0.3) is 0 Å². The Bertz CT molecular complexity index is 871. The summed E-state index contributed by atoms with van der Waals surface area (Å²) < 4.78 is 5.36. The third-order valence-electron chi connectivity index (χ3n) is 5.80. The molecular formula is C20H30N8O2. The van der Waals surface area contributed by atoms with Crippen LogP contribution in [-0.2, 0) is 4.79 Å². The Morgan fingerprint density at radius 3 is 2.63 bits per heavy atom. The lowest BCUT2D eigenvalue weighted by atomic mass is 9.81. The Kier molecular flexibility index (Phi) is 6.03. The van der Waals surface area contributed by atoms with Crippen molar-refractivity contribution in [3.8, 4) is 5.88 Å². The molecule has 30 heavy (non-hydrogen) atoms. The highest BCUT2D eigenvalue weighted by Crippen LogP contribution is 2.35. The van der Waals surface area contributed by atoms with E-state index >= 15 is 0 Å². The van der Waals surface area contributed by atoms with Gasteiger partial charge in [-0.25, -0.2) is 0 Å². The second kappa shape index (κ2) is 8.86. The van der Waals surface area contributed by atoms with Gasteiger partial charge in [0.2, 0.25) is 17.7 Å². The van der Waals surface area contributed by atoms with Crippen molar-refractivity contribution in [2.45, 2.75) is 57.2 Å². The molecule has 2 saturated heterocycles. The fourth-order valence-electron chi connectivity index (χ4n) is 4.60. The molecule has 4 rings (SSSR count). The Hall–Kier alpha value is -2.88. The summed E-state index contributed by atoms with van der Waals surface area (Å²) in [5.41, 5.74) is 0.961. The van der Waals surface area contributed by atoms with E-state index in [0.29, 0.717) is 30.0 Å². The van der Waals surface area contributed by atoms with Gasteiger partial charge >= 0.3 is 0 Å². The molecule has 1 amide bonds.